The van der Waals surface area contributed by atoms with Crippen LogP contribution in [0, 0.1) is 6.92 Å². The first-order valence-corrected chi connectivity index (χ1v) is 9.64. The fraction of sp³-hybridized carbons (Fsp3) is 0.348. The number of aromatic nitrogens is 2. The second-order valence-electron chi connectivity index (χ2n) is 7.40. The van der Waals surface area contributed by atoms with Crippen molar-refractivity contribution < 1.29 is 4.74 Å². The Morgan fingerprint density at radius 3 is 2.67 bits per heavy atom. The van der Waals surface area contributed by atoms with E-state index in [1.807, 2.05) is 12.3 Å². The highest BCUT2D eigenvalue weighted by Crippen LogP contribution is 2.29. The Bertz CT molecular complexity index is 888. The van der Waals surface area contributed by atoms with Crippen molar-refractivity contribution in [2.45, 2.75) is 32.4 Å². The van der Waals surface area contributed by atoms with Crippen LogP contribution in [-0.2, 0) is 13.1 Å². The molecule has 1 aromatic heterocycles. The molecule has 140 valence electrons. The molecule has 1 fully saturated rings. The van der Waals surface area contributed by atoms with Crippen LogP contribution in [0.2, 0.25) is 0 Å². The van der Waals surface area contributed by atoms with Gasteiger partial charge >= 0.3 is 0 Å². The van der Waals surface area contributed by atoms with Crippen LogP contribution in [0.15, 0.2) is 60.8 Å². The van der Waals surface area contributed by atoms with Gasteiger partial charge in [0.15, 0.2) is 0 Å². The monoisotopic (exact) mass is 361 g/mol. The molecule has 1 aliphatic heterocycles. The maximum absolute atomic E-state index is 5.35. The number of methoxy groups -OCH3 is 1. The van der Waals surface area contributed by atoms with Gasteiger partial charge in [-0.2, -0.15) is 0 Å². The van der Waals surface area contributed by atoms with Crippen molar-refractivity contribution >= 4 is 0 Å². The zero-order valence-electron chi connectivity index (χ0n) is 16.1. The van der Waals surface area contributed by atoms with E-state index in [0.29, 0.717) is 5.92 Å². The van der Waals surface area contributed by atoms with E-state index in [1.54, 1.807) is 7.11 Å². The lowest BCUT2D eigenvalue weighted by atomic mass is 10.1. The molecule has 2 aromatic carbocycles. The SMILES string of the molecule is COc1cccc(CN2CCC(c3ncc(C)n3Cc3ccccc3)C2)c1. The summed E-state index contributed by atoms with van der Waals surface area (Å²) in [7, 11) is 1.72. The van der Waals surface area contributed by atoms with Crippen LogP contribution in [0.3, 0.4) is 0 Å². The molecule has 0 aliphatic carbocycles. The van der Waals surface area contributed by atoms with Crippen LogP contribution in [0.25, 0.3) is 0 Å². The van der Waals surface area contributed by atoms with Gasteiger partial charge in [0.1, 0.15) is 11.6 Å². The molecule has 3 aromatic rings. The second kappa shape index (κ2) is 7.97. The lowest BCUT2D eigenvalue weighted by molar-refractivity contribution is 0.324. The van der Waals surface area contributed by atoms with Crippen molar-refractivity contribution in [2.24, 2.45) is 0 Å². The summed E-state index contributed by atoms with van der Waals surface area (Å²) in [6.45, 7) is 6.18. The summed E-state index contributed by atoms with van der Waals surface area (Å²) < 4.78 is 7.74. The molecule has 0 bridgehead atoms. The third kappa shape index (κ3) is 4.06. The Hall–Kier alpha value is -2.59. The van der Waals surface area contributed by atoms with E-state index in [-0.39, 0.29) is 0 Å². The van der Waals surface area contributed by atoms with E-state index in [2.05, 4.69) is 64.9 Å². The van der Waals surface area contributed by atoms with Gasteiger partial charge in [-0.15, -0.1) is 0 Å². The normalized spacial score (nSPS) is 17.3. The predicted octanol–water partition coefficient (Wildman–Crippen LogP) is 4.24. The van der Waals surface area contributed by atoms with Crippen LogP contribution in [-0.4, -0.2) is 34.7 Å². The molecule has 0 radical (unpaired) electrons. The fourth-order valence-electron chi connectivity index (χ4n) is 3.99. The minimum Gasteiger partial charge on any atom is -0.497 e. The van der Waals surface area contributed by atoms with Crippen molar-refractivity contribution in [3.63, 3.8) is 0 Å². The molecule has 0 saturated carbocycles. The summed E-state index contributed by atoms with van der Waals surface area (Å²) in [4.78, 5) is 7.30. The number of imidazole rings is 1. The number of benzene rings is 2. The van der Waals surface area contributed by atoms with Gasteiger partial charge in [0.2, 0.25) is 0 Å². The zero-order chi connectivity index (χ0) is 18.6. The molecular weight excluding hydrogens is 334 g/mol. The van der Waals surface area contributed by atoms with Crippen LogP contribution in [0.1, 0.15) is 35.0 Å². The lowest BCUT2D eigenvalue weighted by Crippen LogP contribution is -2.21. The van der Waals surface area contributed by atoms with Crippen LogP contribution < -0.4 is 4.74 Å². The summed E-state index contributed by atoms with van der Waals surface area (Å²) >= 11 is 0. The van der Waals surface area contributed by atoms with Gasteiger partial charge < -0.3 is 9.30 Å². The van der Waals surface area contributed by atoms with Gasteiger partial charge in [-0.3, -0.25) is 4.90 Å². The number of rotatable bonds is 6. The Labute approximate surface area is 161 Å². The van der Waals surface area contributed by atoms with Crippen molar-refractivity contribution in [3.05, 3.63) is 83.4 Å². The first-order chi connectivity index (χ1) is 13.2. The van der Waals surface area contributed by atoms with E-state index in [0.717, 1.165) is 38.3 Å². The van der Waals surface area contributed by atoms with Crippen LogP contribution in [0.5, 0.6) is 5.75 Å². The minimum atomic E-state index is 0.494. The van der Waals surface area contributed by atoms with Crippen molar-refractivity contribution in [3.8, 4) is 5.75 Å². The zero-order valence-corrected chi connectivity index (χ0v) is 16.1. The smallest absolute Gasteiger partial charge is 0.119 e. The molecule has 1 atom stereocenters. The van der Waals surface area contributed by atoms with E-state index in [4.69, 9.17) is 9.72 Å². The van der Waals surface area contributed by atoms with Crippen molar-refractivity contribution in [1.29, 1.82) is 0 Å². The Kier molecular flexibility index (Phi) is 5.26. The maximum Gasteiger partial charge on any atom is 0.119 e. The van der Waals surface area contributed by atoms with E-state index in [1.165, 1.54) is 22.6 Å². The summed E-state index contributed by atoms with van der Waals surface area (Å²) in [5.74, 6) is 2.65. The molecule has 27 heavy (non-hydrogen) atoms. The highest BCUT2D eigenvalue weighted by molar-refractivity contribution is 5.28. The highest BCUT2D eigenvalue weighted by Gasteiger charge is 2.27. The summed E-state index contributed by atoms with van der Waals surface area (Å²) in [5.41, 5.74) is 3.87. The highest BCUT2D eigenvalue weighted by atomic mass is 16.5. The van der Waals surface area contributed by atoms with Gasteiger partial charge in [0, 0.05) is 37.4 Å². The molecular formula is C23H27N3O. The van der Waals surface area contributed by atoms with Gasteiger partial charge in [-0.05, 0) is 43.1 Å². The molecule has 1 aliphatic rings. The Morgan fingerprint density at radius 2 is 1.85 bits per heavy atom. The molecule has 4 rings (SSSR count). The first-order valence-electron chi connectivity index (χ1n) is 9.64. The molecule has 2 heterocycles. The fourth-order valence-corrected chi connectivity index (χ4v) is 3.99. The summed E-state index contributed by atoms with van der Waals surface area (Å²) in [6, 6.07) is 19.0. The number of hydrogen-bond donors (Lipinski definition) is 0. The van der Waals surface area contributed by atoms with Gasteiger partial charge in [-0.1, -0.05) is 42.5 Å². The lowest BCUT2D eigenvalue weighted by Gasteiger charge is -2.18. The van der Waals surface area contributed by atoms with E-state index in [9.17, 15) is 0 Å². The second-order valence-corrected chi connectivity index (χ2v) is 7.40. The van der Waals surface area contributed by atoms with Gasteiger partial charge in [0.25, 0.3) is 0 Å². The molecule has 0 amide bonds. The van der Waals surface area contributed by atoms with E-state index >= 15 is 0 Å². The number of nitrogens with zero attached hydrogens (tertiary/aromatic N) is 3. The third-order valence-corrected chi connectivity index (χ3v) is 5.45. The molecule has 0 spiro atoms. The molecule has 1 saturated heterocycles. The average Bonchev–Trinajstić information content (AvgIpc) is 3.30. The molecule has 4 nitrogen and oxygen atoms in total. The predicted molar refractivity (Wildman–Crippen MR) is 108 cm³/mol. The van der Waals surface area contributed by atoms with Crippen molar-refractivity contribution in [2.75, 3.05) is 20.2 Å². The van der Waals surface area contributed by atoms with Crippen LogP contribution in [0.4, 0.5) is 0 Å². The number of likely N-dealkylation sites (tertiary alicyclic amines) is 1. The summed E-state index contributed by atoms with van der Waals surface area (Å²) in [6.07, 6.45) is 3.18. The van der Waals surface area contributed by atoms with Crippen LogP contribution >= 0.6 is 0 Å². The Balaban J connectivity index is 1.46. The van der Waals surface area contributed by atoms with E-state index < -0.39 is 0 Å². The molecule has 0 N–H and O–H groups in total. The largest absolute Gasteiger partial charge is 0.497 e. The number of aryl methyl sites for hydroxylation is 1. The Morgan fingerprint density at radius 1 is 1.04 bits per heavy atom. The molecule has 4 heteroatoms. The third-order valence-electron chi connectivity index (χ3n) is 5.45. The average molecular weight is 361 g/mol. The minimum absolute atomic E-state index is 0.494. The topological polar surface area (TPSA) is 30.3 Å². The number of hydrogen-bond acceptors (Lipinski definition) is 3. The van der Waals surface area contributed by atoms with Gasteiger partial charge in [-0.25, -0.2) is 4.98 Å². The maximum atomic E-state index is 5.35. The summed E-state index contributed by atoms with van der Waals surface area (Å²) in [5, 5.41) is 0. The van der Waals surface area contributed by atoms with Gasteiger partial charge in [0.05, 0.1) is 7.11 Å². The molecule has 1 unspecified atom stereocenters. The quantitative estimate of drug-likeness (QED) is 0.658. The van der Waals surface area contributed by atoms with Crippen molar-refractivity contribution in [1.82, 2.24) is 14.5 Å². The number of ether oxygens (including phenoxy) is 1. The standard InChI is InChI=1S/C23H27N3O/c1-18-14-24-23(26(18)16-19-7-4-3-5-8-19)21-11-12-25(17-21)15-20-9-6-10-22(13-20)27-2/h3-10,13-14,21H,11-12,15-17H2,1-2H3. The first kappa shape index (κ1) is 17.8.